The van der Waals surface area contributed by atoms with Crippen LogP contribution >= 0.6 is 0 Å². The summed E-state index contributed by atoms with van der Waals surface area (Å²) < 4.78 is 16.9. The number of halogens is 1. The molecular weight excluding hydrogens is 401 g/mol. The third-order valence-electron chi connectivity index (χ3n) is 4.87. The van der Waals surface area contributed by atoms with Crippen molar-refractivity contribution in [3.8, 4) is 0 Å². The number of hydrogen-bond acceptors (Lipinski definition) is 4. The van der Waals surface area contributed by atoms with Gasteiger partial charge in [-0.15, -0.1) is 0 Å². The van der Waals surface area contributed by atoms with Crippen LogP contribution in [0, 0.1) is 12.7 Å². The van der Waals surface area contributed by atoms with Crippen molar-refractivity contribution in [1.82, 2.24) is 18.9 Å². The predicted molar refractivity (Wildman–Crippen MR) is 115 cm³/mol. The van der Waals surface area contributed by atoms with E-state index in [0.29, 0.717) is 11.3 Å². The van der Waals surface area contributed by atoms with Crippen molar-refractivity contribution >= 4 is 22.6 Å². The number of carbonyl (C=O) groups excluding carboxylic acids is 1. The van der Waals surface area contributed by atoms with Gasteiger partial charge in [0.1, 0.15) is 12.4 Å². The molecule has 0 aliphatic heterocycles. The second-order valence-electron chi connectivity index (χ2n) is 7.34. The molecule has 8 nitrogen and oxygen atoms in total. The molecule has 2 aromatic heterocycles. The molecule has 158 valence electrons. The number of nitrogens with one attached hydrogen (secondary N) is 1. The number of benzene rings is 2. The van der Waals surface area contributed by atoms with Crippen LogP contribution in [0.4, 0.5) is 10.1 Å². The maximum absolute atomic E-state index is 13.2. The number of anilines is 1. The van der Waals surface area contributed by atoms with E-state index in [1.165, 1.54) is 39.7 Å². The van der Waals surface area contributed by atoms with Crippen LogP contribution in [0.15, 0.2) is 64.3 Å². The summed E-state index contributed by atoms with van der Waals surface area (Å²) in [6.45, 7) is 1.55. The van der Waals surface area contributed by atoms with E-state index in [4.69, 9.17) is 0 Å². The largest absolute Gasteiger partial charge is 0.332 e. The summed E-state index contributed by atoms with van der Waals surface area (Å²) in [5.74, 6) is -0.827. The van der Waals surface area contributed by atoms with E-state index in [0.717, 1.165) is 10.1 Å². The molecule has 0 aliphatic carbocycles. The number of aromatic nitrogens is 4. The Morgan fingerprint density at radius 1 is 1.10 bits per heavy atom. The molecule has 0 aliphatic rings. The Kier molecular flexibility index (Phi) is 5.24. The van der Waals surface area contributed by atoms with E-state index >= 15 is 0 Å². The van der Waals surface area contributed by atoms with Gasteiger partial charge in [0.25, 0.3) is 5.56 Å². The number of aryl methyl sites for hydroxylation is 2. The van der Waals surface area contributed by atoms with Crippen LogP contribution in [0.5, 0.6) is 0 Å². The minimum absolute atomic E-state index is 0.0655. The molecule has 0 bridgehead atoms. The fraction of sp³-hybridized carbons (Fsp3) is 0.182. The summed E-state index contributed by atoms with van der Waals surface area (Å²) >= 11 is 0. The normalized spacial score (nSPS) is 11.1. The number of nitrogens with zero attached hydrogens (tertiary/aromatic N) is 4. The van der Waals surface area contributed by atoms with Crippen molar-refractivity contribution in [2.45, 2.75) is 20.0 Å². The number of hydrogen-bond donors (Lipinski definition) is 1. The molecule has 4 rings (SSSR count). The van der Waals surface area contributed by atoms with E-state index in [2.05, 4.69) is 10.4 Å². The molecular formula is C22H20FN5O3. The maximum atomic E-state index is 13.2. The molecule has 1 amide bonds. The lowest BCUT2D eigenvalue weighted by atomic mass is 10.2. The summed E-state index contributed by atoms with van der Waals surface area (Å²) in [5, 5.41) is 6.93. The zero-order valence-electron chi connectivity index (χ0n) is 17.0. The Morgan fingerprint density at radius 3 is 2.55 bits per heavy atom. The molecule has 0 fully saturated rings. The van der Waals surface area contributed by atoms with Crippen LogP contribution in [0.3, 0.4) is 0 Å². The van der Waals surface area contributed by atoms with Gasteiger partial charge in [-0.2, -0.15) is 5.10 Å². The van der Waals surface area contributed by atoms with Gasteiger partial charge in [0.15, 0.2) is 5.52 Å². The van der Waals surface area contributed by atoms with Crippen LogP contribution in [0.2, 0.25) is 0 Å². The Morgan fingerprint density at radius 2 is 1.84 bits per heavy atom. The highest BCUT2D eigenvalue weighted by Crippen LogP contribution is 2.11. The van der Waals surface area contributed by atoms with E-state index in [1.54, 1.807) is 13.1 Å². The molecule has 2 aromatic carbocycles. The van der Waals surface area contributed by atoms with Crippen LogP contribution in [-0.4, -0.2) is 24.8 Å². The standard InChI is InChI=1S/C22H20FN5O3/c1-14-4-3-5-17(10-14)24-19(29)13-27-18-12-26(2)25-20(18)21(30)28(22(27)31)11-15-6-8-16(23)9-7-15/h3-10,12H,11,13H2,1-2H3,(H,24,29). The third kappa shape index (κ3) is 4.16. The Hall–Kier alpha value is -4.01. The Bertz CT molecular complexity index is 1400. The number of carbonyl (C=O) groups is 1. The second kappa shape index (κ2) is 8.02. The van der Waals surface area contributed by atoms with E-state index in [-0.39, 0.29) is 24.1 Å². The summed E-state index contributed by atoms with van der Waals surface area (Å²) in [5.41, 5.74) is 1.30. The number of amides is 1. The summed E-state index contributed by atoms with van der Waals surface area (Å²) in [7, 11) is 1.63. The van der Waals surface area contributed by atoms with Crippen LogP contribution < -0.4 is 16.6 Å². The van der Waals surface area contributed by atoms with Gasteiger partial charge < -0.3 is 5.32 Å². The smallest absolute Gasteiger partial charge is 0.325 e. The van der Waals surface area contributed by atoms with Crippen LogP contribution in [0.1, 0.15) is 11.1 Å². The Balaban J connectivity index is 1.75. The van der Waals surface area contributed by atoms with Gasteiger partial charge in [0.2, 0.25) is 5.91 Å². The molecule has 4 aromatic rings. The topological polar surface area (TPSA) is 90.9 Å². The van der Waals surface area contributed by atoms with Gasteiger partial charge in [-0.1, -0.05) is 24.3 Å². The van der Waals surface area contributed by atoms with Crippen molar-refractivity contribution in [1.29, 1.82) is 0 Å². The lowest BCUT2D eigenvalue weighted by molar-refractivity contribution is -0.116. The van der Waals surface area contributed by atoms with Gasteiger partial charge in [0.05, 0.1) is 12.1 Å². The van der Waals surface area contributed by atoms with Gasteiger partial charge in [0, 0.05) is 18.9 Å². The highest BCUT2D eigenvalue weighted by atomic mass is 19.1. The average molecular weight is 421 g/mol. The first-order chi connectivity index (χ1) is 14.8. The van der Waals surface area contributed by atoms with Crippen molar-refractivity contribution in [3.05, 3.63) is 92.5 Å². The van der Waals surface area contributed by atoms with Crippen LogP contribution in [0.25, 0.3) is 11.0 Å². The molecule has 0 spiro atoms. The molecule has 9 heteroatoms. The molecule has 0 unspecified atom stereocenters. The van der Waals surface area contributed by atoms with Crippen molar-refractivity contribution in [2.24, 2.45) is 7.05 Å². The first-order valence-electron chi connectivity index (χ1n) is 9.60. The quantitative estimate of drug-likeness (QED) is 0.534. The molecule has 0 saturated heterocycles. The lowest BCUT2D eigenvalue weighted by Gasteiger charge is -2.12. The zero-order valence-corrected chi connectivity index (χ0v) is 17.0. The highest BCUT2D eigenvalue weighted by Gasteiger charge is 2.18. The predicted octanol–water partition coefficient (Wildman–Crippen LogP) is 2.03. The number of rotatable bonds is 5. The monoisotopic (exact) mass is 421 g/mol. The average Bonchev–Trinajstić information content (AvgIpc) is 3.12. The fourth-order valence-electron chi connectivity index (χ4n) is 3.42. The first kappa shape index (κ1) is 20.3. The summed E-state index contributed by atoms with van der Waals surface area (Å²) in [6, 6.07) is 12.8. The molecule has 0 radical (unpaired) electrons. The molecule has 0 atom stereocenters. The molecule has 31 heavy (non-hydrogen) atoms. The minimum Gasteiger partial charge on any atom is -0.325 e. The van der Waals surface area contributed by atoms with Crippen LogP contribution in [-0.2, 0) is 24.9 Å². The Labute approximate surface area is 176 Å². The van der Waals surface area contributed by atoms with Gasteiger partial charge >= 0.3 is 5.69 Å². The fourth-order valence-corrected chi connectivity index (χ4v) is 3.42. The van der Waals surface area contributed by atoms with Crippen molar-refractivity contribution in [2.75, 3.05) is 5.32 Å². The van der Waals surface area contributed by atoms with Crippen molar-refractivity contribution < 1.29 is 9.18 Å². The first-order valence-corrected chi connectivity index (χ1v) is 9.60. The second-order valence-corrected chi connectivity index (χ2v) is 7.34. The van der Waals surface area contributed by atoms with Crippen molar-refractivity contribution in [3.63, 3.8) is 0 Å². The van der Waals surface area contributed by atoms with E-state index in [1.807, 2.05) is 25.1 Å². The van der Waals surface area contributed by atoms with Gasteiger partial charge in [-0.05, 0) is 42.3 Å². The maximum Gasteiger partial charge on any atom is 0.332 e. The SMILES string of the molecule is Cc1cccc(NC(=O)Cn2c(=O)n(Cc3ccc(F)cc3)c(=O)c3nn(C)cc32)c1. The highest BCUT2D eigenvalue weighted by molar-refractivity contribution is 5.91. The summed E-state index contributed by atoms with van der Waals surface area (Å²) in [4.78, 5) is 38.7. The summed E-state index contributed by atoms with van der Waals surface area (Å²) in [6.07, 6.45) is 1.53. The zero-order chi connectivity index (χ0) is 22.1. The van der Waals surface area contributed by atoms with Gasteiger partial charge in [-0.3, -0.25) is 23.4 Å². The third-order valence-corrected chi connectivity index (χ3v) is 4.87. The molecule has 1 N–H and O–H groups in total. The number of fused-ring (bicyclic) bond motifs is 1. The minimum atomic E-state index is -0.644. The molecule has 0 saturated carbocycles. The van der Waals surface area contributed by atoms with E-state index < -0.39 is 23.0 Å². The lowest BCUT2D eigenvalue weighted by Crippen LogP contribution is -2.41. The molecule has 2 heterocycles. The van der Waals surface area contributed by atoms with Gasteiger partial charge in [-0.25, -0.2) is 9.18 Å². The van der Waals surface area contributed by atoms with E-state index in [9.17, 15) is 18.8 Å².